The number of aliphatic imine (C=N–C) groups is 1. The molecule has 0 bridgehead atoms. The number of methoxy groups -OCH3 is 1. The molecule has 0 amide bonds. The van der Waals surface area contributed by atoms with Crippen LogP contribution in [-0.4, -0.2) is 26.8 Å². The first kappa shape index (κ1) is 15.5. The number of anilines is 1. The highest BCUT2D eigenvalue weighted by molar-refractivity contribution is 6.00. The Morgan fingerprint density at radius 3 is 2.48 bits per heavy atom. The minimum atomic E-state index is 0.279. The average Bonchev–Trinajstić information content (AvgIpc) is 3.22. The monoisotopic (exact) mass is 287 g/mol. The Bertz CT molecular complexity index is 559. The van der Waals surface area contributed by atoms with Gasteiger partial charge in [0, 0.05) is 7.05 Å². The molecule has 0 saturated heterocycles. The summed E-state index contributed by atoms with van der Waals surface area (Å²) < 4.78 is 5.65. The van der Waals surface area contributed by atoms with Gasteiger partial charge in [0.15, 0.2) is 0 Å². The summed E-state index contributed by atoms with van der Waals surface area (Å²) in [4.78, 5) is 5.74. The number of benzene rings is 1. The topological polar surface area (TPSA) is 48.7 Å². The van der Waals surface area contributed by atoms with E-state index in [0.717, 1.165) is 11.4 Å². The van der Waals surface area contributed by atoms with Gasteiger partial charge in [0.25, 0.3) is 0 Å². The standard InChI is InChI=1S/C17H25N3O/c1-12(2)14-8-13(17(3)6-7-17)9-15(16(14)21-5)20(10-18)11-19-4/h8-12,18H,6-7H2,1-5H3/b18-10?,19-11-. The number of rotatable bonds is 6. The Hall–Kier alpha value is -1.84. The van der Waals surface area contributed by atoms with E-state index in [2.05, 4.69) is 37.9 Å². The summed E-state index contributed by atoms with van der Waals surface area (Å²) in [5.74, 6) is 1.20. The zero-order chi connectivity index (χ0) is 15.6. The van der Waals surface area contributed by atoms with Crippen LogP contribution in [0.4, 0.5) is 5.69 Å². The molecule has 1 fully saturated rings. The molecule has 1 N–H and O–H groups in total. The van der Waals surface area contributed by atoms with Gasteiger partial charge in [-0.15, -0.1) is 0 Å². The quantitative estimate of drug-likeness (QED) is 0.636. The van der Waals surface area contributed by atoms with Gasteiger partial charge in [-0.25, -0.2) is 0 Å². The molecule has 114 valence electrons. The first-order valence-electron chi connectivity index (χ1n) is 7.40. The van der Waals surface area contributed by atoms with Crippen molar-refractivity contribution in [2.24, 2.45) is 4.99 Å². The van der Waals surface area contributed by atoms with Crippen LogP contribution in [-0.2, 0) is 5.41 Å². The van der Waals surface area contributed by atoms with Gasteiger partial charge in [-0.05, 0) is 41.4 Å². The molecule has 1 aliphatic carbocycles. The third-order valence-electron chi connectivity index (χ3n) is 4.28. The first-order valence-corrected chi connectivity index (χ1v) is 7.40. The molecule has 1 aromatic carbocycles. The van der Waals surface area contributed by atoms with E-state index in [4.69, 9.17) is 10.1 Å². The van der Waals surface area contributed by atoms with E-state index in [1.807, 2.05) is 0 Å². The molecule has 0 radical (unpaired) electrons. The normalized spacial score (nSPS) is 16.3. The predicted molar refractivity (Wildman–Crippen MR) is 89.3 cm³/mol. The van der Waals surface area contributed by atoms with E-state index in [-0.39, 0.29) is 5.41 Å². The van der Waals surface area contributed by atoms with Crippen molar-refractivity contribution in [2.45, 2.75) is 44.9 Å². The predicted octanol–water partition coefficient (Wildman–Crippen LogP) is 3.94. The van der Waals surface area contributed by atoms with Crippen molar-refractivity contribution in [3.8, 4) is 5.75 Å². The van der Waals surface area contributed by atoms with E-state index in [9.17, 15) is 0 Å². The van der Waals surface area contributed by atoms with Crippen LogP contribution in [0.2, 0.25) is 0 Å². The van der Waals surface area contributed by atoms with Crippen LogP contribution < -0.4 is 9.64 Å². The molecule has 1 saturated carbocycles. The Labute approximate surface area is 127 Å². The van der Waals surface area contributed by atoms with Crippen LogP contribution in [0.1, 0.15) is 50.7 Å². The SMILES string of the molecule is C/N=C\N(C=N)c1cc(C2(C)CC2)cc(C(C)C)c1OC. The van der Waals surface area contributed by atoms with Crippen LogP contribution in [0.3, 0.4) is 0 Å². The minimum Gasteiger partial charge on any atom is -0.494 e. The Balaban J connectivity index is 2.64. The van der Waals surface area contributed by atoms with Gasteiger partial charge in [0.2, 0.25) is 0 Å². The van der Waals surface area contributed by atoms with Crippen molar-refractivity contribution >= 4 is 18.4 Å². The fourth-order valence-corrected chi connectivity index (χ4v) is 2.59. The van der Waals surface area contributed by atoms with E-state index in [1.54, 1.807) is 25.4 Å². The summed E-state index contributed by atoms with van der Waals surface area (Å²) in [6.07, 6.45) is 5.37. The summed E-state index contributed by atoms with van der Waals surface area (Å²) in [6.45, 7) is 6.64. The molecule has 1 aliphatic rings. The van der Waals surface area contributed by atoms with Gasteiger partial charge < -0.3 is 4.74 Å². The van der Waals surface area contributed by atoms with Crippen LogP contribution in [0.25, 0.3) is 0 Å². The molecule has 21 heavy (non-hydrogen) atoms. The third-order valence-corrected chi connectivity index (χ3v) is 4.28. The molecule has 0 unspecified atom stereocenters. The zero-order valence-corrected chi connectivity index (χ0v) is 13.6. The number of hydrogen-bond donors (Lipinski definition) is 1. The fraction of sp³-hybridized carbons (Fsp3) is 0.529. The highest BCUT2D eigenvalue weighted by Gasteiger charge is 2.40. The maximum atomic E-state index is 7.65. The van der Waals surface area contributed by atoms with E-state index in [1.165, 1.54) is 30.3 Å². The van der Waals surface area contributed by atoms with Gasteiger partial charge in [0.05, 0.1) is 25.5 Å². The van der Waals surface area contributed by atoms with Crippen molar-refractivity contribution in [3.05, 3.63) is 23.3 Å². The molecule has 0 aliphatic heterocycles. The Morgan fingerprint density at radius 1 is 1.38 bits per heavy atom. The number of hydrogen-bond acceptors (Lipinski definition) is 3. The molecule has 0 heterocycles. The van der Waals surface area contributed by atoms with Crippen molar-refractivity contribution in [2.75, 3.05) is 19.1 Å². The van der Waals surface area contributed by atoms with Crippen molar-refractivity contribution < 1.29 is 4.74 Å². The maximum Gasteiger partial charge on any atom is 0.146 e. The summed E-state index contributed by atoms with van der Waals surface area (Å²) in [7, 11) is 3.40. The van der Waals surface area contributed by atoms with Crippen LogP contribution in [0, 0.1) is 5.41 Å². The smallest absolute Gasteiger partial charge is 0.146 e. The summed E-state index contributed by atoms with van der Waals surface area (Å²) in [5.41, 5.74) is 3.70. The molecular formula is C17H25N3O. The second kappa shape index (κ2) is 5.88. The summed E-state index contributed by atoms with van der Waals surface area (Å²) in [6, 6.07) is 4.41. The largest absolute Gasteiger partial charge is 0.494 e. The molecule has 4 nitrogen and oxygen atoms in total. The molecule has 0 atom stereocenters. The van der Waals surface area contributed by atoms with E-state index in [0.29, 0.717) is 5.92 Å². The van der Waals surface area contributed by atoms with Crippen LogP contribution in [0.5, 0.6) is 5.75 Å². The number of nitrogens with one attached hydrogen (secondary N) is 1. The molecule has 4 heteroatoms. The van der Waals surface area contributed by atoms with Gasteiger partial charge in [-0.2, -0.15) is 0 Å². The highest BCUT2D eigenvalue weighted by atomic mass is 16.5. The first-order chi connectivity index (χ1) is 9.96. The highest BCUT2D eigenvalue weighted by Crippen LogP contribution is 2.50. The maximum absolute atomic E-state index is 7.65. The lowest BCUT2D eigenvalue weighted by Gasteiger charge is -2.24. The van der Waals surface area contributed by atoms with E-state index >= 15 is 0 Å². The van der Waals surface area contributed by atoms with Gasteiger partial charge >= 0.3 is 0 Å². The summed E-state index contributed by atoms with van der Waals surface area (Å²) in [5, 5.41) is 7.65. The van der Waals surface area contributed by atoms with Gasteiger partial charge in [-0.1, -0.05) is 26.8 Å². The lowest BCUT2D eigenvalue weighted by Crippen LogP contribution is -2.20. The van der Waals surface area contributed by atoms with Crippen molar-refractivity contribution in [1.29, 1.82) is 5.41 Å². The van der Waals surface area contributed by atoms with Gasteiger partial charge in [-0.3, -0.25) is 15.3 Å². The average molecular weight is 287 g/mol. The van der Waals surface area contributed by atoms with Gasteiger partial charge in [0.1, 0.15) is 5.75 Å². The second-order valence-electron chi connectivity index (χ2n) is 6.24. The van der Waals surface area contributed by atoms with Crippen LogP contribution >= 0.6 is 0 Å². The molecule has 0 aromatic heterocycles. The minimum absolute atomic E-state index is 0.279. The third kappa shape index (κ3) is 2.94. The number of nitrogens with zero attached hydrogens (tertiary/aromatic N) is 2. The fourth-order valence-electron chi connectivity index (χ4n) is 2.59. The second-order valence-corrected chi connectivity index (χ2v) is 6.24. The zero-order valence-electron chi connectivity index (χ0n) is 13.6. The lowest BCUT2D eigenvalue weighted by molar-refractivity contribution is 0.408. The Morgan fingerprint density at radius 2 is 2.05 bits per heavy atom. The molecular weight excluding hydrogens is 262 g/mol. The summed E-state index contributed by atoms with van der Waals surface area (Å²) >= 11 is 0. The number of ether oxygens (including phenoxy) is 1. The van der Waals surface area contributed by atoms with Crippen molar-refractivity contribution in [3.63, 3.8) is 0 Å². The Kier molecular flexibility index (Phi) is 4.35. The molecule has 1 aromatic rings. The van der Waals surface area contributed by atoms with Crippen LogP contribution in [0.15, 0.2) is 17.1 Å². The van der Waals surface area contributed by atoms with E-state index < -0.39 is 0 Å². The van der Waals surface area contributed by atoms with Crippen molar-refractivity contribution in [1.82, 2.24) is 0 Å². The lowest BCUT2D eigenvalue weighted by atomic mass is 9.91. The molecule has 0 spiro atoms. The molecule has 2 rings (SSSR count).